The zero-order valence-corrected chi connectivity index (χ0v) is 17.4. The number of rotatable bonds is 6. The van der Waals surface area contributed by atoms with Crippen molar-refractivity contribution in [2.24, 2.45) is 0 Å². The van der Waals surface area contributed by atoms with Crippen LogP contribution in [0.1, 0.15) is 29.3 Å². The van der Waals surface area contributed by atoms with E-state index in [-0.39, 0.29) is 11.8 Å². The summed E-state index contributed by atoms with van der Waals surface area (Å²) in [5, 5.41) is 3.50. The molecular formula is C22H25ClN2O4. The van der Waals surface area contributed by atoms with Gasteiger partial charge >= 0.3 is 0 Å². The number of morpholine rings is 1. The zero-order chi connectivity index (χ0) is 20.8. The first kappa shape index (κ1) is 21.1. The van der Waals surface area contributed by atoms with Crippen molar-refractivity contribution in [3.8, 4) is 5.75 Å². The van der Waals surface area contributed by atoms with Gasteiger partial charge in [-0.15, -0.1) is 0 Å². The third-order valence-corrected chi connectivity index (χ3v) is 5.21. The summed E-state index contributed by atoms with van der Waals surface area (Å²) in [7, 11) is 0. The Balaban J connectivity index is 1.73. The van der Waals surface area contributed by atoms with E-state index in [1.807, 2.05) is 13.8 Å². The van der Waals surface area contributed by atoms with Gasteiger partial charge in [-0.25, -0.2) is 0 Å². The minimum Gasteiger partial charge on any atom is -0.481 e. The smallest absolute Gasteiger partial charge is 0.265 e. The standard InChI is InChI=1S/C22H25ClN2O4/c1-3-20(29-16-8-9-18(23)15(2)14-16)21(26)24-19-7-5-4-6-17(19)22(27)25-10-12-28-13-11-25/h4-9,14,20H,3,10-13H2,1-2H3,(H,24,26). The average molecular weight is 417 g/mol. The van der Waals surface area contributed by atoms with Crippen LogP contribution in [0.5, 0.6) is 5.75 Å². The number of hydrogen-bond acceptors (Lipinski definition) is 4. The van der Waals surface area contributed by atoms with Crippen molar-refractivity contribution < 1.29 is 19.1 Å². The van der Waals surface area contributed by atoms with E-state index in [0.29, 0.717) is 54.7 Å². The molecule has 1 atom stereocenters. The average Bonchev–Trinajstić information content (AvgIpc) is 2.75. The molecule has 29 heavy (non-hydrogen) atoms. The van der Waals surface area contributed by atoms with Gasteiger partial charge in [-0.3, -0.25) is 9.59 Å². The Morgan fingerprint density at radius 1 is 1.21 bits per heavy atom. The fourth-order valence-electron chi connectivity index (χ4n) is 3.11. The van der Waals surface area contributed by atoms with Gasteiger partial charge in [-0.1, -0.05) is 30.7 Å². The number of para-hydroxylation sites is 1. The summed E-state index contributed by atoms with van der Waals surface area (Å²) < 4.78 is 11.2. The summed E-state index contributed by atoms with van der Waals surface area (Å²) in [6.45, 7) is 5.87. The molecule has 6 nitrogen and oxygen atoms in total. The molecule has 0 bridgehead atoms. The SMILES string of the molecule is CCC(Oc1ccc(Cl)c(C)c1)C(=O)Nc1ccccc1C(=O)N1CCOCC1. The van der Waals surface area contributed by atoms with E-state index >= 15 is 0 Å². The lowest BCUT2D eigenvalue weighted by molar-refractivity contribution is -0.122. The van der Waals surface area contributed by atoms with Crippen molar-refractivity contribution in [3.63, 3.8) is 0 Å². The highest BCUT2D eigenvalue weighted by Crippen LogP contribution is 2.23. The summed E-state index contributed by atoms with van der Waals surface area (Å²) >= 11 is 6.05. The maximum Gasteiger partial charge on any atom is 0.265 e. The largest absolute Gasteiger partial charge is 0.481 e. The number of halogens is 1. The molecule has 1 aliphatic rings. The Morgan fingerprint density at radius 2 is 1.93 bits per heavy atom. The van der Waals surface area contributed by atoms with Gasteiger partial charge in [0.25, 0.3) is 11.8 Å². The van der Waals surface area contributed by atoms with E-state index in [1.165, 1.54) is 0 Å². The van der Waals surface area contributed by atoms with Crippen LogP contribution in [0.3, 0.4) is 0 Å². The van der Waals surface area contributed by atoms with Crippen LogP contribution < -0.4 is 10.1 Å². The van der Waals surface area contributed by atoms with Crippen molar-refractivity contribution in [1.29, 1.82) is 0 Å². The minimum absolute atomic E-state index is 0.119. The van der Waals surface area contributed by atoms with Gasteiger partial charge in [0.2, 0.25) is 0 Å². The lowest BCUT2D eigenvalue weighted by Gasteiger charge is -2.27. The van der Waals surface area contributed by atoms with Crippen LogP contribution in [0, 0.1) is 6.92 Å². The summed E-state index contributed by atoms with van der Waals surface area (Å²) in [6, 6.07) is 12.3. The molecule has 154 valence electrons. The van der Waals surface area contributed by atoms with E-state index in [2.05, 4.69) is 5.32 Å². The normalized spacial score (nSPS) is 14.9. The van der Waals surface area contributed by atoms with E-state index in [9.17, 15) is 9.59 Å². The van der Waals surface area contributed by atoms with Crippen LogP contribution in [0.25, 0.3) is 0 Å². The van der Waals surface area contributed by atoms with Crippen molar-refractivity contribution >= 4 is 29.1 Å². The zero-order valence-electron chi connectivity index (χ0n) is 16.6. The maximum absolute atomic E-state index is 12.9. The van der Waals surface area contributed by atoms with Gasteiger partial charge < -0.3 is 19.7 Å². The first-order valence-electron chi connectivity index (χ1n) is 9.69. The van der Waals surface area contributed by atoms with Gasteiger partial charge in [0.15, 0.2) is 6.10 Å². The van der Waals surface area contributed by atoms with E-state index in [1.54, 1.807) is 47.4 Å². The molecule has 7 heteroatoms. The number of anilines is 1. The summed E-state index contributed by atoms with van der Waals surface area (Å²) in [4.78, 5) is 27.5. The van der Waals surface area contributed by atoms with Crippen LogP contribution >= 0.6 is 11.6 Å². The third kappa shape index (κ3) is 5.28. The molecule has 3 rings (SSSR count). The topological polar surface area (TPSA) is 67.9 Å². The Bertz CT molecular complexity index is 881. The number of carbonyl (C=O) groups excluding carboxylic acids is 2. The van der Waals surface area contributed by atoms with Crippen LogP contribution in [0.4, 0.5) is 5.69 Å². The number of amides is 2. The molecular weight excluding hydrogens is 392 g/mol. The number of ether oxygens (including phenoxy) is 2. The lowest BCUT2D eigenvalue weighted by atomic mass is 10.1. The predicted octanol–water partition coefficient (Wildman–Crippen LogP) is 3.92. The first-order chi connectivity index (χ1) is 14.0. The fourth-order valence-corrected chi connectivity index (χ4v) is 3.22. The molecule has 0 aromatic heterocycles. The van der Waals surface area contributed by atoms with Crippen molar-refractivity contribution in [3.05, 3.63) is 58.6 Å². The van der Waals surface area contributed by atoms with E-state index in [4.69, 9.17) is 21.1 Å². The number of aryl methyl sites for hydroxylation is 1. The summed E-state index contributed by atoms with van der Waals surface area (Å²) in [6.07, 6.45) is -0.213. The number of nitrogens with one attached hydrogen (secondary N) is 1. The van der Waals surface area contributed by atoms with E-state index in [0.717, 1.165) is 5.56 Å². The number of nitrogens with zero attached hydrogens (tertiary/aromatic N) is 1. The van der Waals surface area contributed by atoms with Crippen molar-refractivity contribution in [2.75, 3.05) is 31.6 Å². The van der Waals surface area contributed by atoms with Crippen LogP contribution in [0.15, 0.2) is 42.5 Å². The maximum atomic E-state index is 12.9. The summed E-state index contributed by atoms with van der Waals surface area (Å²) in [5.41, 5.74) is 1.81. The molecule has 1 N–H and O–H groups in total. The Morgan fingerprint density at radius 3 is 2.62 bits per heavy atom. The van der Waals surface area contributed by atoms with Gasteiger partial charge in [0.05, 0.1) is 24.5 Å². The Labute approximate surface area is 175 Å². The van der Waals surface area contributed by atoms with Gasteiger partial charge in [0, 0.05) is 18.1 Å². The highest BCUT2D eigenvalue weighted by atomic mass is 35.5. The third-order valence-electron chi connectivity index (χ3n) is 4.78. The van der Waals surface area contributed by atoms with Crippen LogP contribution in [-0.4, -0.2) is 49.1 Å². The summed E-state index contributed by atoms with van der Waals surface area (Å²) in [5.74, 6) is 0.153. The number of benzene rings is 2. The van der Waals surface area contributed by atoms with Gasteiger partial charge in [0.1, 0.15) is 5.75 Å². The molecule has 0 spiro atoms. The fraction of sp³-hybridized carbons (Fsp3) is 0.364. The quantitative estimate of drug-likeness (QED) is 0.775. The first-order valence-corrected chi connectivity index (χ1v) is 10.1. The Kier molecular flexibility index (Phi) is 7.12. The molecule has 2 aromatic carbocycles. The predicted molar refractivity (Wildman–Crippen MR) is 113 cm³/mol. The molecule has 0 saturated carbocycles. The molecule has 1 unspecified atom stereocenters. The monoisotopic (exact) mass is 416 g/mol. The second-order valence-corrected chi connectivity index (χ2v) is 7.27. The van der Waals surface area contributed by atoms with Crippen LogP contribution in [0.2, 0.25) is 5.02 Å². The molecule has 2 aromatic rings. The second kappa shape index (κ2) is 9.76. The van der Waals surface area contributed by atoms with Gasteiger partial charge in [-0.2, -0.15) is 0 Å². The molecule has 1 heterocycles. The molecule has 1 fully saturated rings. The molecule has 0 aliphatic carbocycles. The van der Waals surface area contributed by atoms with Crippen molar-refractivity contribution in [1.82, 2.24) is 4.90 Å². The highest BCUT2D eigenvalue weighted by molar-refractivity contribution is 6.31. The molecule has 2 amide bonds. The van der Waals surface area contributed by atoms with E-state index < -0.39 is 6.10 Å². The van der Waals surface area contributed by atoms with Gasteiger partial charge in [-0.05, 0) is 49.2 Å². The van der Waals surface area contributed by atoms with Crippen molar-refractivity contribution in [2.45, 2.75) is 26.4 Å². The molecule has 0 radical (unpaired) electrons. The van der Waals surface area contributed by atoms with Crippen LogP contribution in [-0.2, 0) is 9.53 Å². The molecule has 1 aliphatic heterocycles. The number of carbonyl (C=O) groups is 2. The lowest BCUT2D eigenvalue weighted by Crippen LogP contribution is -2.41. The highest BCUT2D eigenvalue weighted by Gasteiger charge is 2.24. The number of hydrogen-bond donors (Lipinski definition) is 1. The minimum atomic E-state index is -0.692. The second-order valence-electron chi connectivity index (χ2n) is 6.87. The molecule has 1 saturated heterocycles. The Hall–Kier alpha value is -2.57.